The molecule has 4 nitrogen and oxygen atoms in total. The average Bonchev–Trinajstić information content (AvgIpc) is 2.83. The minimum absolute atomic E-state index is 0.0140. The first-order valence-electron chi connectivity index (χ1n) is 11.6. The molecule has 3 aromatic rings. The van der Waals surface area contributed by atoms with E-state index in [-0.39, 0.29) is 30.8 Å². The van der Waals surface area contributed by atoms with Gasteiger partial charge in [-0.15, -0.1) is 11.8 Å². The molecule has 0 fully saturated rings. The van der Waals surface area contributed by atoms with E-state index in [2.05, 4.69) is 5.32 Å². The number of carbonyl (C=O) groups is 2. The average molecular weight is 513 g/mol. The zero-order valence-electron chi connectivity index (χ0n) is 19.9. The van der Waals surface area contributed by atoms with E-state index < -0.39 is 11.9 Å². The number of carbonyl (C=O) groups excluding carboxylic acids is 2. The van der Waals surface area contributed by atoms with Crippen LogP contribution in [0.25, 0.3) is 0 Å². The van der Waals surface area contributed by atoms with Gasteiger partial charge in [-0.05, 0) is 49.7 Å². The number of hydrogen-bond donors (Lipinski definition) is 1. The summed E-state index contributed by atoms with van der Waals surface area (Å²) in [6.45, 7) is 3.77. The Bertz CT molecular complexity index is 1110. The maximum atomic E-state index is 14.6. The number of halogens is 2. The highest BCUT2D eigenvalue weighted by atomic mass is 35.5. The van der Waals surface area contributed by atoms with Crippen LogP contribution < -0.4 is 5.32 Å². The van der Waals surface area contributed by atoms with Crippen LogP contribution in [-0.4, -0.2) is 34.6 Å². The van der Waals surface area contributed by atoms with E-state index >= 15 is 0 Å². The zero-order chi connectivity index (χ0) is 25.2. The summed E-state index contributed by atoms with van der Waals surface area (Å²) in [4.78, 5) is 29.3. The molecule has 0 aliphatic heterocycles. The van der Waals surface area contributed by atoms with Gasteiger partial charge in [-0.25, -0.2) is 4.39 Å². The van der Waals surface area contributed by atoms with E-state index in [0.29, 0.717) is 22.8 Å². The topological polar surface area (TPSA) is 49.4 Å². The molecule has 0 bridgehead atoms. The standard InChI is InChI=1S/C28H30ClFN2O2S/c1-20(2)31-28(34)26(18-21-8-4-3-5-9-21)32(19-22-10-6-7-11-25(22)30)27(33)16-17-35-24-14-12-23(29)13-15-24/h3-15,20,26H,16-19H2,1-2H3,(H,31,34). The van der Waals surface area contributed by atoms with Gasteiger partial charge in [0.2, 0.25) is 11.8 Å². The van der Waals surface area contributed by atoms with Gasteiger partial charge in [0.1, 0.15) is 11.9 Å². The van der Waals surface area contributed by atoms with E-state index in [4.69, 9.17) is 11.6 Å². The van der Waals surface area contributed by atoms with Crippen LogP contribution in [-0.2, 0) is 22.6 Å². The van der Waals surface area contributed by atoms with Gasteiger partial charge in [-0.2, -0.15) is 0 Å². The summed E-state index contributed by atoms with van der Waals surface area (Å²) in [5.74, 6) is -0.324. The van der Waals surface area contributed by atoms with Crippen LogP contribution in [0.1, 0.15) is 31.4 Å². The van der Waals surface area contributed by atoms with E-state index in [1.54, 1.807) is 18.2 Å². The lowest BCUT2D eigenvalue weighted by atomic mass is 10.0. The van der Waals surface area contributed by atoms with Crippen LogP contribution in [0.2, 0.25) is 5.02 Å². The maximum Gasteiger partial charge on any atom is 0.243 e. The number of hydrogen-bond acceptors (Lipinski definition) is 3. The summed E-state index contributed by atoms with van der Waals surface area (Å²) < 4.78 is 14.6. The summed E-state index contributed by atoms with van der Waals surface area (Å²) in [7, 11) is 0. The first-order valence-corrected chi connectivity index (χ1v) is 13.0. The molecule has 1 atom stereocenters. The van der Waals surface area contributed by atoms with Crippen molar-refractivity contribution in [2.75, 3.05) is 5.75 Å². The van der Waals surface area contributed by atoms with Gasteiger partial charge in [-0.3, -0.25) is 9.59 Å². The highest BCUT2D eigenvalue weighted by molar-refractivity contribution is 7.99. The number of nitrogens with zero attached hydrogens (tertiary/aromatic N) is 1. The summed E-state index contributed by atoms with van der Waals surface area (Å²) in [5.41, 5.74) is 1.31. The van der Waals surface area contributed by atoms with Gasteiger partial charge in [0.05, 0.1) is 0 Å². The fourth-order valence-electron chi connectivity index (χ4n) is 3.68. The third-order valence-corrected chi connectivity index (χ3v) is 6.66. The van der Waals surface area contributed by atoms with Crippen molar-refractivity contribution in [2.45, 2.75) is 50.2 Å². The van der Waals surface area contributed by atoms with Crippen LogP contribution in [0.5, 0.6) is 0 Å². The lowest BCUT2D eigenvalue weighted by Crippen LogP contribution is -2.52. The van der Waals surface area contributed by atoms with Crippen molar-refractivity contribution in [1.82, 2.24) is 10.2 Å². The Hall–Kier alpha value is -2.83. The van der Waals surface area contributed by atoms with E-state index in [1.807, 2.05) is 68.4 Å². The van der Waals surface area contributed by atoms with Gasteiger partial charge < -0.3 is 10.2 Å². The summed E-state index contributed by atoms with van der Waals surface area (Å²) in [5, 5.41) is 3.60. The molecule has 3 aromatic carbocycles. The summed E-state index contributed by atoms with van der Waals surface area (Å²) in [6, 6.07) is 22.5. The molecule has 0 saturated carbocycles. The Morgan fingerprint density at radius 1 is 0.971 bits per heavy atom. The fourth-order valence-corrected chi connectivity index (χ4v) is 4.64. The Kier molecular flexibility index (Phi) is 10.2. The van der Waals surface area contributed by atoms with Gasteiger partial charge in [0.25, 0.3) is 0 Å². The smallest absolute Gasteiger partial charge is 0.243 e. The monoisotopic (exact) mass is 512 g/mol. The normalized spacial score (nSPS) is 11.8. The van der Waals surface area contributed by atoms with Crippen LogP contribution in [0.15, 0.2) is 83.8 Å². The second kappa shape index (κ2) is 13.3. The lowest BCUT2D eigenvalue weighted by Gasteiger charge is -2.32. The summed E-state index contributed by atoms with van der Waals surface area (Å²) in [6.07, 6.45) is 0.548. The molecule has 2 amide bonds. The molecule has 0 aromatic heterocycles. The fraction of sp³-hybridized carbons (Fsp3) is 0.286. The van der Waals surface area contributed by atoms with Crippen molar-refractivity contribution >= 4 is 35.2 Å². The maximum absolute atomic E-state index is 14.6. The lowest BCUT2D eigenvalue weighted by molar-refractivity contribution is -0.141. The molecule has 0 radical (unpaired) electrons. The second-order valence-corrected chi connectivity index (χ2v) is 10.1. The molecule has 0 aliphatic rings. The molecule has 1 N–H and O–H groups in total. The van der Waals surface area contributed by atoms with E-state index in [9.17, 15) is 14.0 Å². The number of thioether (sulfide) groups is 1. The predicted molar refractivity (Wildman–Crippen MR) is 141 cm³/mol. The number of benzene rings is 3. The van der Waals surface area contributed by atoms with E-state index in [1.165, 1.54) is 22.7 Å². The zero-order valence-corrected chi connectivity index (χ0v) is 21.5. The molecule has 1 unspecified atom stereocenters. The van der Waals surface area contributed by atoms with Gasteiger partial charge in [0.15, 0.2) is 0 Å². The van der Waals surface area contributed by atoms with Crippen molar-refractivity contribution in [2.24, 2.45) is 0 Å². The molecule has 3 rings (SSSR count). The molecular weight excluding hydrogens is 483 g/mol. The third-order valence-electron chi connectivity index (χ3n) is 5.40. The minimum atomic E-state index is -0.771. The Labute approximate surface area is 215 Å². The molecule has 0 heterocycles. The Morgan fingerprint density at radius 3 is 2.29 bits per heavy atom. The molecular formula is C28H30ClFN2O2S. The second-order valence-electron chi connectivity index (χ2n) is 8.53. The SMILES string of the molecule is CC(C)NC(=O)C(Cc1ccccc1)N(Cc1ccccc1F)C(=O)CCSc1ccc(Cl)cc1. The van der Waals surface area contributed by atoms with E-state index in [0.717, 1.165) is 10.5 Å². The van der Waals surface area contributed by atoms with Crippen molar-refractivity contribution in [3.05, 3.63) is 101 Å². The first-order chi connectivity index (χ1) is 16.8. The van der Waals surface area contributed by atoms with Crippen LogP contribution >= 0.6 is 23.4 Å². The number of nitrogens with one attached hydrogen (secondary N) is 1. The van der Waals surface area contributed by atoms with Crippen LogP contribution in [0.3, 0.4) is 0 Å². The third kappa shape index (κ3) is 8.41. The van der Waals surface area contributed by atoms with Gasteiger partial charge >= 0.3 is 0 Å². The van der Waals surface area contributed by atoms with Crippen molar-refractivity contribution < 1.29 is 14.0 Å². The van der Waals surface area contributed by atoms with Gasteiger partial charge in [0, 0.05) is 46.7 Å². The predicted octanol–water partition coefficient (Wildman–Crippen LogP) is 6.13. The van der Waals surface area contributed by atoms with Crippen molar-refractivity contribution in [1.29, 1.82) is 0 Å². The number of amides is 2. The van der Waals surface area contributed by atoms with Crippen LogP contribution in [0.4, 0.5) is 4.39 Å². The molecule has 7 heteroatoms. The first kappa shape index (κ1) is 26.8. The highest BCUT2D eigenvalue weighted by Gasteiger charge is 2.31. The van der Waals surface area contributed by atoms with Crippen LogP contribution in [0, 0.1) is 5.82 Å². The minimum Gasteiger partial charge on any atom is -0.352 e. The molecule has 35 heavy (non-hydrogen) atoms. The summed E-state index contributed by atoms with van der Waals surface area (Å²) >= 11 is 7.49. The quantitative estimate of drug-likeness (QED) is 0.314. The number of rotatable bonds is 11. The Balaban J connectivity index is 1.85. The Morgan fingerprint density at radius 2 is 1.63 bits per heavy atom. The molecule has 0 saturated heterocycles. The van der Waals surface area contributed by atoms with Crippen molar-refractivity contribution in [3.8, 4) is 0 Å². The molecule has 0 aliphatic carbocycles. The molecule has 0 spiro atoms. The highest BCUT2D eigenvalue weighted by Crippen LogP contribution is 2.23. The molecule has 184 valence electrons. The largest absolute Gasteiger partial charge is 0.352 e. The van der Waals surface area contributed by atoms with Gasteiger partial charge in [-0.1, -0.05) is 60.1 Å². The van der Waals surface area contributed by atoms with Crippen molar-refractivity contribution in [3.63, 3.8) is 0 Å².